The average Bonchev–Trinajstić information content (AvgIpc) is 3.17. The Balaban J connectivity index is 0.000000461. The van der Waals surface area contributed by atoms with Crippen molar-refractivity contribution in [1.82, 2.24) is 14.9 Å². The number of nitrogens with one attached hydrogen (secondary N) is 2. The number of anilines is 1. The highest BCUT2D eigenvalue weighted by atomic mass is 32.1. The molecule has 0 saturated carbocycles. The molecule has 1 aromatic carbocycles. The highest BCUT2D eigenvalue weighted by Crippen LogP contribution is 2.44. The molecule has 0 aliphatic carbocycles. The second-order valence-electron chi connectivity index (χ2n) is 6.55. The van der Waals surface area contributed by atoms with Crippen molar-refractivity contribution in [2.75, 3.05) is 26.5 Å². The molecule has 3 aromatic rings. The summed E-state index contributed by atoms with van der Waals surface area (Å²) in [5.41, 5.74) is 7.49. The third-order valence-electron chi connectivity index (χ3n) is 4.29. The van der Waals surface area contributed by atoms with Crippen LogP contribution >= 0.6 is 11.3 Å². The molecule has 154 valence electrons. The third kappa shape index (κ3) is 3.83. The van der Waals surface area contributed by atoms with Crippen LogP contribution in [0.15, 0.2) is 46.6 Å². The molecular weight excluding hydrogens is 404 g/mol. The number of nitrogens with zero attached hydrogens (tertiary/aromatic N) is 3. The molecule has 1 atom stereocenters. The molecule has 0 radical (unpaired) electrons. The van der Waals surface area contributed by atoms with Gasteiger partial charge in [-0.3, -0.25) is 9.59 Å². The zero-order chi connectivity index (χ0) is 21.8. The van der Waals surface area contributed by atoms with E-state index in [1.54, 1.807) is 21.1 Å². The zero-order valence-electron chi connectivity index (χ0n) is 16.6. The van der Waals surface area contributed by atoms with Crippen LogP contribution < -0.4 is 21.3 Å². The van der Waals surface area contributed by atoms with E-state index in [2.05, 4.69) is 21.4 Å². The monoisotopic (exact) mass is 424 g/mol. The summed E-state index contributed by atoms with van der Waals surface area (Å²) in [6.07, 6.45) is 0.750. The van der Waals surface area contributed by atoms with Gasteiger partial charge in [-0.05, 0) is 5.56 Å². The second kappa shape index (κ2) is 8.67. The number of ether oxygens (including phenoxy) is 1. The number of amides is 1. The van der Waals surface area contributed by atoms with Gasteiger partial charge in [0.25, 0.3) is 5.56 Å². The quantitative estimate of drug-likeness (QED) is 0.546. The lowest BCUT2D eigenvalue weighted by atomic mass is 9.84. The molecule has 2 aromatic heterocycles. The minimum atomic E-state index is -0.580. The fourth-order valence-corrected chi connectivity index (χ4v) is 3.85. The number of carbonyl (C=O) groups excluding carboxylic acids is 1. The predicted molar refractivity (Wildman–Crippen MR) is 115 cm³/mol. The van der Waals surface area contributed by atoms with E-state index in [1.165, 1.54) is 16.2 Å². The molecule has 9 nitrogen and oxygen atoms in total. The topological polar surface area (TPSA) is 137 Å². The van der Waals surface area contributed by atoms with Crippen molar-refractivity contribution in [3.8, 4) is 11.8 Å². The minimum Gasteiger partial charge on any atom is -0.438 e. The van der Waals surface area contributed by atoms with E-state index < -0.39 is 5.92 Å². The maximum absolute atomic E-state index is 12.8. The highest BCUT2D eigenvalue weighted by Gasteiger charge is 2.35. The number of fused-ring (bicyclic) bond motifs is 3. The van der Waals surface area contributed by atoms with E-state index in [9.17, 15) is 14.9 Å². The summed E-state index contributed by atoms with van der Waals surface area (Å²) in [5.74, 6) is -0.207. The summed E-state index contributed by atoms with van der Waals surface area (Å²) in [4.78, 5) is 30.7. The standard InChI is InChI=1S/C17H13N5O2S.C3H7NO/c1-20-17-22-15-13(25-17)12-11(16(23)21-15)10(8-5-3-2-4-6-8)9(7-18)14(19)24-12;1-4(2)3-5/h2-6,10H,19H2,1H3,(H2,20,21,22,23);3H,1-2H3. The lowest BCUT2D eigenvalue weighted by Crippen LogP contribution is -2.27. The number of benzene rings is 1. The zero-order valence-corrected chi connectivity index (χ0v) is 17.4. The van der Waals surface area contributed by atoms with Crippen molar-refractivity contribution in [3.05, 3.63) is 63.3 Å². The van der Waals surface area contributed by atoms with Crippen LogP contribution in [0.5, 0.6) is 5.75 Å². The average molecular weight is 424 g/mol. The highest BCUT2D eigenvalue weighted by molar-refractivity contribution is 7.22. The Labute approximate surface area is 176 Å². The molecule has 0 fully saturated rings. The fourth-order valence-electron chi connectivity index (χ4n) is 2.98. The SMILES string of the molecule is CN(C)C=O.CNc1nc2[nH]c(=O)c3c(c2s1)OC(N)=C(C#N)C3c1ccccc1. The van der Waals surface area contributed by atoms with E-state index in [0.717, 1.165) is 12.0 Å². The fraction of sp³-hybridized carbons (Fsp3) is 0.200. The van der Waals surface area contributed by atoms with Gasteiger partial charge in [-0.25, -0.2) is 4.98 Å². The largest absolute Gasteiger partial charge is 0.438 e. The van der Waals surface area contributed by atoms with Gasteiger partial charge < -0.3 is 25.7 Å². The number of nitriles is 1. The number of carbonyl (C=O) groups is 1. The first-order chi connectivity index (χ1) is 14.4. The molecule has 0 spiro atoms. The second-order valence-corrected chi connectivity index (χ2v) is 7.55. The molecule has 1 amide bonds. The summed E-state index contributed by atoms with van der Waals surface area (Å²) in [6, 6.07) is 11.4. The molecule has 3 heterocycles. The van der Waals surface area contributed by atoms with E-state index >= 15 is 0 Å². The molecular formula is C20H20N6O3S. The van der Waals surface area contributed by atoms with Crippen LogP contribution in [-0.4, -0.2) is 42.4 Å². The van der Waals surface area contributed by atoms with Crippen LogP contribution in [0.3, 0.4) is 0 Å². The summed E-state index contributed by atoms with van der Waals surface area (Å²) in [5, 5.41) is 13.2. The lowest BCUT2D eigenvalue weighted by Gasteiger charge is -2.25. The van der Waals surface area contributed by atoms with Crippen LogP contribution in [0.2, 0.25) is 0 Å². The smallest absolute Gasteiger partial charge is 0.257 e. The number of nitrogens with two attached hydrogens (primary N) is 1. The van der Waals surface area contributed by atoms with Crippen molar-refractivity contribution in [1.29, 1.82) is 5.26 Å². The maximum Gasteiger partial charge on any atom is 0.257 e. The Kier molecular flexibility index (Phi) is 6.03. The molecule has 0 saturated heterocycles. The summed E-state index contributed by atoms with van der Waals surface area (Å²) >= 11 is 1.35. The van der Waals surface area contributed by atoms with Crippen LogP contribution in [0.4, 0.5) is 5.13 Å². The van der Waals surface area contributed by atoms with Crippen molar-refractivity contribution in [2.45, 2.75) is 5.92 Å². The normalized spacial score (nSPS) is 14.7. The Morgan fingerprint density at radius 1 is 1.37 bits per heavy atom. The molecule has 4 rings (SSSR count). The van der Waals surface area contributed by atoms with Gasteiger partial charge in [-0.15, -0.1) is 0 Å². The first kappa shape index (κ1) is 20.9. The van der Waals surface area contributed by atoms with Gasteiger partial charge in [0.2, 0.25) is 12.3 Å². The predicted octanol–water partition coefficient (Wildman–Crippen LogP) is 1.95. The van der Waals surface area contributed by atoms with Crippen molar-refractivity contribution in [2.24, 2.45) is 5.73 Å². The van der Waals surface area contributed by atoms with Gasteiger partial charge in [0.15, 0.2) is 16.5 Å². The third-order valence-corrected chi connectivity index (χ3v) is 5.36. The summed E-state index contributed by atoms with van der Waals surface area (Å²) in [6.45, 7) is 0. The van der Waals surface area contributed by atoms with Gasteiger partial charge in [0.1, 0.15) is 16.3 Å². The molecule has 0 bridgehead atoms. The number of aromatic nitrogens is 2. The number of H-pyrrole nitrogens is 1. The molecule has 4 N–H and O–H groups in total. The summed E-state index contributed by atoms with van der Waals surface area (Å²) < 4.78 is 6.38. The van der Waals surface area contributed by atoms with E-state index in [1.807, 2.05) is 30.3 Å². The van der Waals surface area contributed by atoms with Crippen molar-refractivity contribution >= 4 is 33.2 Å². The maximum atomic E-state index is 12.8. The van der Waals surface area contributed by atoms with E-state index in [-0.39, 0.29) is 17.0 Å². The van der Waals surface area contributed by atoms with Gasteiger partial charge in [0, 0.05) is 21.1 Å². The molecule has 1 aliphatic rings. The lowest BCUT2D eigenvalue weighted by molar-refractivity contribution is -0.115. The van der Waals surface area contributed by atoms with Crippen LogP contribution in [-0.2, 0) is 4.79 Å². The van der Waals surface area contributed by atoms with E-state index in [4.69, 9.17) is 10.5 Å². The van der Waals surface area contributed by atoms with Crippen LogP contribution in [0, 0.1) is 11.3 Å². The number of aromatic amines is 1. The van der Waals surface area contributed by atoms with Crippen molar-refractivity contribution < 1.29 is 9.53 Å². The van der Waals surface area contributed by atoms with Crippen LogP contribution in [0.1, 0.15) is 17.0 Å². The Hall–Kier alpha value is -3.84. The number of hydrogen-bond acceptors (Lipinski definition) is 8. The minimum absolute atomic E-state index is 0.00941. The number of thiazole rings is 1. The molecule has 1 unspecified atom stereocenters. The molecule has 10 heteroatoms. The van der Waals surface area contributed by atoms with Gasteiger partial charge in [0.05, 0.1) is 11.5 Å². The first-order valence-electron chi connectivity index (χ1n) is 8.90. The molecule has 1 aliphatic heterocycles. The number of rotatable bonds is 3. The van der Waals surface area contributed by atoms with Crippen LogP contribution in [0.25, 0.3) is 10.3 Å². The first-order valence-corrected chi connectivity index (χ1v) is 9.71. The Morgan fingerprint density at radius 3 is 2.60 bits per heavy atom. The van der Waals surface area contributed by atoms with E-state index in [0.29, 0.717) is 26.8 Å². The number of allylic oxidation sites excluding steroid dienone is 1. The Bertz CT molecular complexity index is 1210. The van der Waals surface area contributed by atoms with Gasteiger partial charge >= 0.3 is 0 Å². The number of pyridine rings is 1. The molecule has 30 heavy (non-hydrogen) atoms. The van der Waals surface area contributed by atoms with Gasteiger partial charge in [-0.1, -0.05) is 41.7 Å². The Morgan fingerprint density at radius 2 is 2.03 bits per heavy atom. The number of hydrogen-bond donors (Lipinski definition) is 3. The summed E-state index contributed by atoms with van der Waals surface area (Å²) in [7, 11) is 5.12. The van der Waals surface area contributed by atoms with Crippen molar-refractivity contribution in [3.63, 3.8) is 0 Å². The van der Waals surface area contributed by atoms with Gasteiger partial charge in [-0.2, -0.15) is 5.26 Å².